The number of likely N-dealkylation sites (tertiary alicyclic amines) is 1. The molecule has 4 atom stereocenters. The minimum atomic E-state index is -0.339. The van der Waals surface area contributed by atoms with E-state index in [2.05, 4.69) is 4.90 Å². The number of halogens is 3. The van der Waals surface area contributed by atoms with Crippen LogP contribution in [0, 0.1) is 0 Å². The molecule has 0 spiro atoms. The van der Waals surface area contributed by atoms with E-state index in [0.29, 0.717) is 29.7 Å². The van der Waals surface area contributed by atoms with Crippen LogP contribution < -0.4 is 0 Å². The number of benzene rings is 1. The lowest BCUT2D eigenvalue weighted by Crippen LogP contribution is -2.69. The van der Waals surface area contributed by atoms with E-state index in [1.807, 2.05) is 11.0 Å². The van der Waals surface area contributed by atoms with Crippen molar-refractivity contribution in [2.24, 2.45) is 0 Å². The third kappa shape index (κ3) is 5.12. The highest BCUT2D eigenvalue weighted by molar-refractivity contribution is 6.42. The molecule has 0 unspecified atom stereocenters. The Labute approximate surface area is 205 Å². The van der Waals surface area contributed by atoms with Crippen molar-refractivity contribution in [3.63, 3.8) is 0 Å². The van der Waals surface area contributed by atoms with Gasteiger partial charge in [-0.15, -0.1) is 12.4 Å². The van der Waals surface area contributed by atoms with Crippen LogP contribution in [0.3, 0.4) is 0 Å². The summed E-state index contributed by atoms with van der Waals surface area (Å²) < 4.78 is 5.04. The highest BCUT2D eigenvalue weighted by Crippen LogP contribution is 2.35. The highest BCUT2D eigenvalue weighted by Gasteiger charge is 2.49. The Balaban J connectivity index is 0.00000289. The van der Waals surface area contributed by atoms with E-state index in [1.165, 1.54) is 7.11 Å². The Hall–Kier alpha value is -1.25. The van der Waals surface area contributed by atoms with E-state index in [4.69, 9.17) is 27.9 Å². The molecule has 0 radical (unpaired) electrons. The second-order valence-electron chi connectivity index (χ2n) is 8.67. The van der Waals surface area contributed by atoms with Crippen LogP contribution in [-0.2, 0) is 16.0 Å². The third-order valence-electron chi connectivity index (χ3n) is 6.86. The Morgan fingerprint density at radius 2 is 1.78 bits per heavy atom. The van der Waals surface area contributed by atoms with Gasteiger partial charge in [-0.3, -0.25) is 9.69 Å². The molecule has 2 aliphatic heterocycles. The number of fused-ring (bicyclic) bond motifs is 1. The van der Waals surface area contributed by atoms with E-state index in [9.17, 15) is 14.7 Å². The van der Waals surface area contributed by atoms with Gasteiger partial charge in [0.15, 0.2) is 0 Å². The van der Waals surface area contributed by atoms with Crippen LogP contribution in [-0.4, -0.2) is 89.3 Å². The van der Waals surface area contributed by atoms with Crippen LogP contribution in [0.1, 0.15) is 31.2 Å². The van der Waals surface area contributed by atoms with Gasteiger partial charge >= 0.3 is 6.09 Å². The number of β-amino-alcohol motifs (C(OH)–C–C–N with tert-alkyl or cyclic N) is 1. The number of amides is 2. The summed E-state index contributed by atoms with van der Waals surface area (Å²) >= 11 is 12.2. The minimum absolute atomic E-state index is 0. The zero-order chi connectivity index (χ0) is 22.1. The maximum absolute atomic E-state index is 13.4. The molecular weight excluding hydrogens is 477 g/mol. The zero-order valence-electron chi connectivity index (χ0n) is 18.1. The molecule has 1 aromatic carbocycles. The molecule has 0 aromatic heterocycles. The molecule has 2 saturated heterocycles. The first kappa shape index (κ1) is 25.4. The van der Waals surface area contributed by atoms with Gasteiger partial charge < -0.3 is 19.6 Å². The highest BCUT2D eigenvalue weighted by atomic mass is 35.5. The molecule has 7 nitrogen and oxygen atoms in total. The van der Waals surface area contributed by atoms with E-state index >= 15 is 0 Å². The number of aliphatic hydroxyl groups excluding tert-OH is 1. The van der Waals surface area contributed by atoms with Gasteiger partial charge in [0.1, 0.15) is 0 Å². The normalized spacial score (nSPS) is 28.1. The molecule has 1 aromatic rings. The first-order valence-electron chi connectivity index (χ1n) is 10.9. The fourth-order valence-electron chi connectivity index (χ4n) is 5.45. The maximum Gasteiger partial charge on any atom is 0.409 e. The molecule has 4 rings (SSSR count). The van der Waals surface area contributed by atoms with Gasteiger partial charge in [0.2, 0.25) is 5.91 Å². The van der Waals surface area contributed by atoms with E-state index in [1.54, 1.807) is 17.0 Å². The predicted octanol–water partition coefficient (Wildman–Crippen LogP) is 3.22. The lowest BCUT2D eigenvalue weighted by atomic mass is 9.81. The number of nitrogens with zero attached hydrogens (tertiary/aromatic N) is 3. The molecule has 1 N–H and O–H groups in total. The van der Waals surface area contributed by atoms with E-state index in [0.717, 1.165) is 37.8 Å². The van der Waals surface area contributed by atoms with Gasteiger partial charge in [-0.1, -0.05) is 29.3 Å². The van der Waals surface area contributed by atoms with Crippen molar-refractivity contribution in [3.05, 3.63) is 33.8 Å². The summed E-state index contributed by atoms with van der Waals surface area (Å²) in [5.74, 6) is 0.0181. The summed E-state index contributed by atoms with van der Waals surface area (Å²) in [5, 5.41) is 11.0. The molecular formula is C22H30Cl3N3O4. The van der Waals surface area contributed by atoms with Crippen LogP contribution in [0.4, 0.5) is 4.79 Å². The molecule has 1 saturated carbocycles. The van der Waals surface area contributed by atoms with Gasteiger partial charge in [-0.05, 0) is 43.4 Å². The van der Waals surface area contributed by atoms with Crippen molar-refractivity contribution in [1.82, 2.24) is 14.7 Å². The summed E-state index contributed by atoms with van der Waals surface area (Å²) in [7, 11) is 1.40. The first-order chi connectivity index (χ1) is 14.9. The van der Waals surface area contributed by atoms with Crippen molar-refractivity contribution in [2.45, 2.75) is 56.3 Å². The molecule has 32 heavy (non-hydrogen) atoms. The van der Waals surface area contributed by atoms with E-state index in [-0.39, 0.29) is 55.1 Å². The van der Waals surface area contributed by atoms with Crippen molar-refractivity contribution in [1.29, 1.82) is 0 Å². The van der Waals surface area contributed by atoms with Crippen molar-refractivity contribution in [3.8, 4) is 0 Å². The minimum Gasteiger partial charge on any atom is -0.453 e. The van der Waals surface area contributed by atoms with Gasteiger partial charge in [0, 0.05) is 32.2 Å². The SMILES string of the molecule is COC(=O)N1CCN(C(=O)Cc2ccc(Cl)c(Cl)c2)[C@@H]2[C@@H](N3CC[C@H](O)C3)CCC[C@@H]21.Cl. The second kappa shape index (κ2) is 10.8. The quantitative estimate of drug-likeness (QED) is 0.681. The third-order valence-corrected chi connectivity index (χ3v) is 7.60. The van der Waals surface area contributed by atoms with Crippen LogP contribution in [0.5, 0.6) is 0 Å². The fourth-order valence-corrected chi connectivity index (χ4v) is 5.77. The van der Waals surface area contributed by atoms with Crippen molar-refractivity contribution < 1.29 is 19.4 Å². The molecule has 2 amide bonds. The van der Waals surface area contributed by atoms with Crippen LogP contribution in [0.15, 0.2) is 18.2 Å². The Bertz CT molecular complexity index is 843. The molecule has 0 bridgehead atoms. The maximum atomic E-state index is 13.4. The number of piperazine rings is 1. The molecule has 3 fully saturated rings. The van der Waals surface area contributed by atoms with E-state index < -0.39 is 0 Å². The number of carbonyl (C=O) groups excluding carboxylic acids is 2. The van der Waals surface area contributed by atoms with Crippen molar-refractivity contribution >= 4 is 47.6 Å². The first-order valence-corrected chi connectivity index (χ1v) is 11.6. The Morgan fingerprint density at radius 3 is 2.44 bits per heavy atom. The average molecular weight is 507 g/mol. The summed E-state index contributed by atoms with van der Waals surface area (Å²) in [4.78, 5) is 31.9. The number of hydrogen-bond donors (Lipinski definition) is 1. The molecule has 3 aliphatic rings. The lowest BCUT2D eigenvalue weighted by molar-refractivity contribution is -0.142. The standard InChI is InChI=1S/C22H29Cl2N3O4.ClH/c1-31-22(30)26-9-10-27(20(29)12-14-5-6-16(23)17(24)11-14)21-18(3-2-4-19(21)26)25-8-7-15(28)13-25;/h5-6,11,15,18-19,21,28H,2-4,7-10,12-13H2,1H3;1H/t15-,18-,19-,21+;/m0./s1. The average Bonchev–Trinajstić information content (AvgIpc) is 3.20. The van der Waals surface area contributed by atoms with Gasteiger partial charge in [-0.25, -0.2) is 4.79 Å². The molecule has 2 heterocycles. The molecule has 1 aliphatic carbocycles. The van der Waals surface area contributed by atoms with Gasteiger partial charge in [0.05, 0.1) is 41.8 Å². The summed E-state index contributed by atoms with van der Waals surface area (Å²) in [6.45, 7) is 2.34. The van der Waals surface area contributed by atoms with Crippen LogP contribution in [0.2, 0.25) is 10.0 Å². The number of carbonyl (C=O) groups is 2. The van der Waals surface area contributed by atoms with Crippen molar-refractivity contribution in [2.75, 3.05) is 33.3 Å². The monoisotopic (exact) mass is 505 g/mol. The summed E-state index contributed by atoms with van der Waals surface area (Å²) in [6.07, 6.45) is 3.05. The number of hydrogen-bond acceptors (Lipinski definition) is 5. The zero-order valence-corrected chi connectivity index (χ0v) is 20.4. The lowest BCUT2D eigenvalue weighted by Gasteiger charge is -2.54. The molecule has 10 heteroatoms. The van der Waals surface area contributed by atoms with Gasteiger partial charge in [-0.2, -0.15) is 0 Å². The number of aliphatic hydroxyl groups is 1. The second-order valence-corrected chi connectivity index (χ2v) is 9.48. The number of methoxy groups -OCH3 is 1. The van der Waals surface area contributed by atoms with Crippen LogP contribution in [0.25, 0.3) is 0 Å². The number of ether oxygens (including phenoxy) is 1. The number of rotatable bonds is 3. The Morgan fingerprint density at radius 1 is 1.06 bits per heavy atom. The largest absolute Gasteiger partial charge is 0.453 e. The summed E-state index contributed by atoms with van der Waals surface area (Å²) in [6, 6.07) is 5.17. The Kier molecular flexibility index (Phi) is 8.55. The fraction of sp³-hybridized carbons (Fsp3) is 0.636. The summed E-state index contributed by atoms with van der Waals surface area (Å²) in [5.41, 5.74) is 0.815. The smallest absolute Gasteiger partial charge is 0.409 e. The van der Waals surface area contributed by atoms with Gasteiger partial charge in [0.25, 0.3) is 0 Å². The molecule has 178 valence electrons. The topological polar surface area (TPSA) is 73.3 Å². The van der Waals surface area contributed by atoms with Crippen LogP contribution >= 0.6 is 35.6 Å². The predicted molar refractivity (Wildman–Crippen MR) is 126 cm³/mol.